The average Bonchev–Trinajstić information content (AvgIpc) is 2.67. The third-order valence-electron chi connectivity index (χ3n) is 3.94. The quantitative estimate of drug-likeness (QED) is 0.634. The number of halogens is 4. The van der Waals surface area contributed by atoms with Gasteiger partial charge in [0.1, 0.15) is 5.38 Å². The van der Waals surface area contributed by atoms with Crippen LogP contribution in [0.1, 0.15) is 11.1 Å². The van der Waals surface area contributed by atoms with Crippen LogP contribution in [-0.4, -0.2) is 46.7 Å². The number of amides is 1. The molecule has 2 atom stereocenters. The van der Waals surface area contributed by atoms with Gasteiger partial charge < -0.3 is 14.7 Å². The van der Waals surface area contributed by atoms with Crippen molar-refractivity contribution < 1.29 is 27.8 Å². The van der Waals surface area contributed by atoms with Crippen molar-refractivity contribution >= 4 is 17.5 Å². The highest BCUT2D eigenvalue weighted by atomic mass is 35.5. The Bertz CT molecular complexity index is 728. The second-order valence-corrected chi connectivity index (χ2v) is 6.76. The number of rotatable bonds is 9. The Balaban J connectivity index is 1.99. The number of benzene rings is 2. The third-order valence-corrected chi connectivity index (χ3v) is 4.26. The molecule has 0 spiro atoms. The van der Waals surface area contributed by atoms with E-state index in [9.17, 15) is 23.1 Å². The van der Waals surface area contributed by atoms with Gasteiger partial charge in [0.15, 0.2) is 6.10 Å². The molecule has 152 valence electrons. The predicted octanol–water partition coefficient (Wildman–Crippen LogP) is 3.76. The molecule has 0 aliphatic heterocycles. The number of hydrogen-bond acceptors (Lipinski definition) is 3. The van der Waals surface area contributed by atoms with Crippen LogP contribution in [0.4, 0.5) is 13.2 Å². The summed E-state index contributed by atoms with van der Waals surface area (Å²) in [5.41, 5.74) is 1.51. The van der Waals surface area contributed by atoms with E-state index in [1.807, 2.05) is 30.3 Å². The van der Waals surface area contributed by atoms with E-state index in [-0.39, 0.29) is 19.8 Å². The molecule has 0 bridgehead atoms. The van der Waals surface area contributed by atoms with E-state index in [2.05, 4.69) is 0 Å². The molecular formula is C20H21ClF3NO3. The molecule has 8 heteroatoms. The minimum absolute atomic E-state index is 0.102. The molecule has 0 unspecified atom stereocenters. The number of nitrogens with zero attached hydrogens (tertiary/aromatic N) is 1. The first-order valence-corrected chi connectivity index (χ1v) is 9.04. The predicted molar refractivity (Wildman–Crippen MR) is 99.7 cm³/mol. The maximum Gasteiger partial charge on any atom is 0.416 e. The van der Waals surface area contributed by atoms with E-state index in [1.54, 1.807) is 30.3 Å². The number of hydrogen-bond donors (Lipinski definition) is 1. The summed E-state index contributed by atoms with van der Waals surface area (Å²) in [6.07, 6.45) is -7.49. The monoisotopic (exact) mass is 415 g/mol. The first-order valence-electron chi connectivity index (χ1n) is 8.60. The maximum atomic E-state index is 12.8. The van der Waals surface area contributed by atoms with Crippen molar-refractivity contribution in [3.05, 3.63) is 71.8 Å². The largest absolute Gasteiger partial charge is 0.416 e. The summed E-state index contributed by atoms with van der Waals surface area (Å²) < 4.78 is 43.7. The molecule has 1 amide bonds. The highest BCUT2D eigenvalue weighted by molar-refractivity contribution is 6.30. The molecule has 0 heterocycles. The lowest BCUT2D eigenvalue weighted by Gasteiger charge is -2.28. The van der Waals surface area contributed by atoms with Crippen LogP contribution in [-0.2, 0) is 22.7 Å². The van der Waals surface area contributed by atoms with Gasteiger partial charge in [0, 0.05) is 6.54 Å². The number of carbonyl (C=O) groups is 1. The van der Waals surface area contributed by atoms with Crippen LogP contribution in [0.5, 0.6) is 0 Å². The van der Waals surface area contributed by atoms with Crippen LogP contribution in [0.3, 0.4) is 0 Å². The van der Waals surface area contributed by atoms with Gasteiger partial charge in [0.25, 0.3) is 0 Å². The van der Waals surface area contributed by atoms with Crippen LogP contribution < -0.4 is 0 Å². The Morgan fingerprint density at radius 2 is 1.57 bits per heavy atom. The Labute approximate surface area is 166 Å². The molecule has 1 N–H and O–H groups in total. The number of alkyl halides is 4. The first kappa shape index (κ1) is 22.2. The van der Waals surface area contributed by atoms with Crippen molar-refractivity contribution in [3.63, 3.8) is 0 Å². The molecule has 28 heavy (non-hydrogen) atoms. The molecule has 0 saturated heterocycles. The Kier molecular flexibility index (Phi) is 8.29. The number of aliphatic hydroxyl groups excluding tert-OH is 1. The van der Waals surface area contributed by atoms with Crippen LogP contribution >= 0.6 is 11.6 Å². The normalized spacial score (nSPS) is 13.8. The molecule has 0 aliphatic rings. The zero-order chi connectivity index (χ0) is 20.6. The van der Waals surface area contributed by atoms with Crippen LogP contribution in [0, 0.1) is 0 Å². The summed E-state index contributed by atoms with van der Waals surface area (Å²) in [4.78, 5) is 13.5. The van der Waals surface area contributed by atoms with Gasteiger partial charge in [-0.2, -0.15) is 13.2 Å². The summed E-state index contributed by atoms with van der Waals surface area (Å²) >= 11 is 6.08. The molecule has 0 radical (unpaired) electrons. The van der Waals surface area contributed by atoms with Gasteiger partial charge in [-0.05, 0) is 11.1 Å². The van der Waals surface area contributed by atoms with Crippen molar-refractivity contribution in [2.24, 2.45) is 0 Å². The van der Waals surface area contributed by atoms with Crippen LogP contribution in [0.2, 0.25) is 0 Å². The number of ether oxygens (including phenoxy) is 1. The van der Waals surface area contributed by atoms with Gasteiger partial charge in [-0.1, -0.05) is 60.7 Å². The van der Waals surface area contributed by atoms with Crippen molar-refractivity contribution in [1.82, 2.24) is 4.90 Å². The van der Waals surface area contributed by atoms with Gasteiger partial charge >= 0.3 is 6.18 Å². The molecule has 0 fully saturated rings. The molecule has 2 aromatic rings. The standard InChI is InChI=1S/C20H21ClF3NO3/c21-17(14-28-13-16-9-5-2-6-10-16)19(27)25(12-18(26)20(22,23)24)11-15-7-3-1-4-8-15/h1-10,17-18,26H,11-14H2/t17-,18+/m1/s1. The summed E-state index contributed by atoms with van der Waals surface area (Å²) in [5, 5.41) is 8.22. The SMILES string of the molecule is O=C([C@H](Cl)COCc1ccccc1)N(Cc1ccccc1)C[C@H](O)C(F)(F)F. The summed E-state index contributed by atoms with van der Waals surface area (Å²) in [6, 6.07) is 17.7. The fourth-order valence-electron chi connectivity index (χ4n) is 2.47. The second kappa shape index (κ2) is 10.5. The minimum atomic E-state index is -4.83. The van der Waals surface area contributed by atoms with Gasteiger partial charge in [-0.25, -0.2) is 0 Å². The lowest BCUT2D eigenvalue weighted by molar-refractivity contribution is -0.208. The summed E-state index contributed by atoms with van der Waals surface area (Å²) in [7, 11) is 0. The number of aliphatic hydroxyl groups is 1. The van der Waals surface area contributed by atoms with E-state index in [0.717, 1.165) is 10.5 Å². The van der Waals surface area contributed by atoms with Crippen molar-refractivity contribution in [3.8, 4) is 0 Å². The van der Waals surface area contributed by atoms with E-state index in [0.29, 0.717) is 5.56 Å². The minimum Gasteiger partial charge on any atom is -0.382 e. The first-order chi connectivity index (χ1) is 13.3. The van der Waals surface area contributed by atoms with Crippen molar-refractivity contribution in [1.29, 1.82) is 0 Å². The fourth-order valence-corrected chi connectivity index (χ4v) is 2.70. The maximum absolute atomic E-state index is 12.8. The fraction of sp³-hybridized carbons (Fsp3) is 0.350. The van der Waals surface area contributed by atoms with E-state index >= 15 is 0 Å². The molecule has 2 rings (SSSR count). The number of carbonyl (C=O) groups excluding carboxylic acids is 1. The van der Waals surface area contributed by atoms with Gasteiger partial charge in [-0.15, -0.1) is 11.6 Å². The Morgan fingerprint density at radius 1 is 1.04 bits per heavy atom. The molecule has 0 saturated carbocycles. The molecule has 2 aromatic carbocycles. The summed E-state index contributed by atoms with van der Waals surface area (Å²) in [6.45, 7) is -0.947. The van der Waals surface area contributed by atoms with Crippen LogP contribution in [0.25, 0.3) is 0 Å². The highest BCUT2D eigenvalue weighted by Crippen LogP contribution is 2.22. The van der Waals surface area contributed by atoms with Gasteiger partial charge in [0.05, 0.1) is 19.8 Å². The van der Waals surface area contributed by atoms with Crippen molar-refractivity contribution in [2.75, 3.05) is 13.2 Å². The van der Waals surface area contributed by atoms with E-state index in [1.165, 1.54) is 0 Å². The highest BCUT2D eigenvalue weighted by Gasteiger charge is 2.40. The third kappa shape index (κ3) is 7.14. The molecular weight excluding hydrogens is 395 g/mol. The second-order valence-electron chi connectivity index (χ2n) is 6.23. The lowest BCUT2D eigenvalue weighted by atomic mass is 10.2. The van der Waals surface area contributed by atoms with E-state index in [4.69, 9.17) is 16.3 Å². The summed E-state index contributed by atoms with van der Waals surface area (Å²) in [5.74, 6) is -0.734. The molecule has 0 aliphatic carbocycles. The van der Waals surface area contributed by atoms with Crippen LogP contribution in [0.15, 0.2) is 60.7 Å². The van der Waals surface area contributed by atoms with Crippen molar-refractivity contribution in [2.45, 2.75) is 30.8 Å². The Morgan fingerprint density at radius 3 is 2.11 bits per heavy atom. The molecule has 0 aromatic heterocycles. The zero-order valence-corrected chi connectivity index (χ0v) is 15.7. The Hall–Kier alpha value is -2.09. The van der Waals surface area contributed by atoms with Gasteiger partial charge in [-0.3, -0.25) is 4.79 Å². The average molecular weight is 416 g/mol. The smallest absolute Gasteiger partial charge is 0.382 e. The lowest BCUT2D eigenvalue weighted by Crippen LogP contribution is -2.46. The van der Waals surface area contributed by atoms with Gasteiger partial charge in [0.2, 0.25) is 5.91 Å². The zero-order valence-electron chi connectivity index (χ0n) is 15.0. The molecule has 4 nitrogen and oxygen atoms in total. The van der Waals surface area contributed by atoms with E-state index < -0.39 is 30.1 Å². The topological polar surface area (TPSA) is 49.8 Å².